The van der Waals surface area contributed by atoms with Crippen LogP contribution >= 0.6 is 0 Å². The summed E-state index contributed by atoms with van der Waals surface area (Å²) in [5.41, 5.74) is -0.267. The van der Waals surface area contributed by atoms with E-state index < -0.39 is 26.7 Å². The zero-order valence-electron chi connectivity index (χ0n) is 17.3. The van der Waals surface area contributed by atoms with E-state index in [0.29, 0.717) is 0 Å². The van der Waals surface area contributed by atoms with Gasteiger partial charge < -0.3 is 0 Å². The summed E-state index contributed by atoms with van der Waals surface area (Å²) < 4.78 is 14.7. The molecule has 0 saturated heterocycles. The Morgan fingerprint density at radius 2 is 1.22 bits per heavy atom. The number of hydrogen-bond donors (Lipinski definition) is 0. The molecule has 0 amide bonds. The van der Waals surface area contributed by atoms with Gasteiger partial charge in [0.05, 0.1) is 0 Å². The van der Waals surface area contributed by atoms with E-state index in [0.717, 1.165) is 0 Å². The molecule has 0 aliphatic carbocycles. The first kappa shape index (κ1) is 23.5. The SMILES string of the molecule is CCC[CH2][Sn]([C]#CC(C)(C)O[Si](C)(C)C)([CH2]CCC)[CH2]CCC. The predicted octanol–water partition coefficient (Wildman–Crippen LogP) is 7.01. The topological polar surface area (TPSA) is 9.23 Å². The first-order valence-corrected chi connectivity index (χ1v) is 20.7. The maximum atomic E-state index is 6.33. The number of unbranched alkanes of at least 4 members (excludes halogenated alkanes) is 3. The Labute approximate surface area is 152 Å². The number of rotatable bonds is 11. The third-order valence-corrected chi connectivity index (χ3v) is 18.4. The van der Waals surface area contributed by atoms with Crippen molar-refractivity contribution < 1.29 is 4.43 Å². The fourth-order valence-corrected chi connectivity index (χ4v) is 18.4. The van der Waals surface area contributed by atoms with Crippen LogP contribution in [0.1, 0.15) is 73.1 Å². The van der Waals surface area contributed by atoms with Crippen LogP contribution in [0.3, 0.4) is 0 Å². The summed E-state index contributed by atoms with van der Waals surface area (Å²) in [5, 5.41) is 0. The molecule has 0 fully saturated rings. The van der Waals surface area contributed by atoms with Crippen molar-refractivity contribution in [1.29, 1.82) is 0 Å². The van der Waals surface area contributed by atoms with Gasteiger partial charge in [-0.05, 0) is 0 Å². The second-order valence-corrected chi connectivity index (χ2v) is 25.3. The van der Waals surface area contributed by atoms with Crippen LogP contribution in [-0.4, -0.2) is 32.3 Å². The molecule has 0 unspecified atom stereocenters. The Morgan fingerprint density at radius 3 is 1.52 bits per heavy atom. The molecule has 0 aromatic heterocycles. The van der Waals surface area contributed by atoms with Crippen molar-refractivity contribution in [1.82, 2.24) is 0 Å². The monoisotopic (exact) mass is 446 g/mol. The molecule has 0 radical (unpaired) electrons. The van der Waals surface area contributed by atoms with Crippen molar-refractivity contribution in [2.24, 2.45) is 0 Å². The molecule has 0 aromatic carbocycles. The molecule has 0 aliphatic heterocycles. The van der Waals surface area contributed by atoms with Gasteiger partial charge in [-0.25, -0.2) is 0 Å². The summed E-state index contributed by atoms with van der Waals surface area (Å²) in [6, 6.07) is 0. The molecule has 0 atom stereocenters. The minimum absolute atomic E-state index is 0.267. The van der Waals surface area contributed by atoms with Gasteiger partial charge in [0.15, 0.2) is 0 Å². The van der Waals surface area contributed by atoms with Crippen molar-refractivity contribution in [2.45, 2.75) is 112 Å². The summed E-state index contributed by atoms with van der Waals surface area (Å²) in [4.78, 5) is 0. The Balaban J connectivity index is 5.34. The molecule has 0 rings (SSSR count). The summed E-state index contributed by atoms with van der Waals surface area (Å²) in [5.74, 6) is 3.64. The van der Waals surface area contributed by atoms with Crippen LogP contribution in [0.2, 0.25) is 33.0 Å². The fourth-order valence-electron chi connectivity index (χ4n) is 3.18. The molecule has 0 spiro atoms. The van der Waals surface area contributed by atoms with Gasteiger partial charge in [-0.3, -0.25) is 0 Å². The van der Waals surface area contributed by atoms with E-state index in [1.807, 2.05) is 0 Å². The molecule has 0 aromatic rings. The van der Waals surface area contributed by atoms with Crippen LogP contribution in [-0.2, 0) is 4.43 Å². The first-order chi connectivity index (χ1) is 10.6. The van der Waals surface area contributed by atoms with Crippen molar-refractivity contribution in [3.8, 4) is 9.86 Å². The molecule has 0 bridgehead atoms. The Morgan fingerprint density at radius 1 is 0.826 bits per heavy atom. The van der Waals surface area contributed by atoms with Gasteiger partial charge >= 0.3 is 153 Å². The van der Waals surface area contributed by atoms with E-state index in [1.165, 1.54) is 51.8 Å². The van der Waals surface area contributed by atoms with Crippen molar-refractivity contribution in [3.05, 3.63) is 0 Å². The van der Waals surface area contributed by atoms with E-state index in [2.05, 4.69) is 64.1 Å². The van der Waals surface area contributed by atoms with Crippen molar-refractivity contribution in [3.63, 3.8) is 0 Å². The van der Waals surface area contributed by atoms with Gasteiger partial charge in [-0.15, -0.1) is 0 Å². The van der Waals surface area contributed by atoms with Gasteiger partial charge in [-0.2, -0.15) is 0 Å². The van der Waals surface area contributed by atoms with Crippen molar-refractivity contribution >= 4 is 26.7 Å². The van der Waals surface area contributed by atoms with Crippen LogP contribution in [0.4, 0.5) is 0 Å². The first-order valence-electron chi connectivity index (χ1n) is 9.84. The molecule has 0 saturated carbocycles. The van der Waals surface area contributed by atoms with Crippen LogP contribution < -0.4 is 0 Å². The van der Waals surface area contributed by atoms with Crippen LogP contribution in [0.5, 0.6) is 0 Å². The molecule has 3 heteroatoms. The Hall–Kier alpha value is 0.536. The van der Waals surface area contributed by atoms with Gasteiger partial charge in [0, 0.05) is 0 Å². The number of hydrogen-bond acceptors (Lipinski definition) is 1. The minimum atomic E-state index is -2.33. The van der Waals surface area contributed by atoms with Crippen LogP contribution in [0.25, 0.3) is 0 Å². The summed E-state index contributed by atoms with van der Waals surface area (Å²) >= 11 is -2.33. The quantitative estimate of drug-likeness (QED) is 0.246. The second kappa shape index (κ2) is 11.2. The Kier molecular flexibility index (Phi) is 11.5. The van der Waals surface area contributed by atoms with E-state index in [4.69, 9.17) is 4.43 Å². The zero-order valence-corrected chi connectivity index (χ0v) is 21.1. The van der Waals surface area contributed by atoms with E-state index in [1.54, 1.807) is 0 Å². The third kappa shape index (κ3) is 11.7. The van der Waals surface area contributed by atoms with Gasteiger partial charge in [0.2, 0.25) is 0 Å². The molecule has 0 N–H and O–H groups in total. The van der Waals surface area contributed by atoms with E-state index >= 15 is 0 Å². The summed E-state index contributed by atoms with van der Waals surface area (Å²) in [7, 11) is -1.54. The molecular weight excluding hydrogens is 403 g/mol. The van der Waals surface area contributed by atoms with Crippen molar-refractivity contribution in [2.75, 3.05) is 0 Å². The zero-order chi connectivity index (χ0) is 18.0. The molecule has 1 nitrogen and oxygen atoms in total. The van der Waals surface area contributed by atoms with E-state index in [-0.39, 0.29) is 5.60 Å². The van der Waals surface area contributed by atoms with Gasteiger partial charge in [0.1, 0.15) is 0 Å². The molecule has 0 heterocycles. The summed E-state index contributed by atoms with van der Waals surface area (Å²) in [6.45, 7) is 18.1. The Bertz CT molecular complexity index is 352. The normalized spacial score (nSPS) is 12.9. The predicted molar refractivity (Wildman–Crippen MR) is 111 cm³/mol. The summed E-state index contributed by atoms with van der Waals surface area (Å²) in [6.07, 6.45) is 8.09. The molecule has 23 heavy (non-hydrogen) atoms. The average molecular weight is 445 g/mol. The van der Waals surface area contributed by atoms with Crippen LogP contribution in [0.15, 0.2) is 0 Å². The second-order valence-electron chi connectivity index (χ2n) is 8.57. The third-order valence-electron chi connectivity index (χ3n) is 4.22. The van der Waals surface area contributed by atoms with Gasteiger partial charge in [-0.1, -0.05) is 0 Å². The average Bonchev–Trinajstić information content (AvgIpc) is 2.43. The van der Waals surface area contributed by atoms with E-state index in [9.17, 15) is 0 Å². The molecule has 0 aliphatic rings. The van der Waals surface area contributed by atoms with Crippen LogP contribution in [0, 0.1) is 9.86 Å². The molecule has 136 valence electrons. The fraction of sp³-hybridized carbons (Fsp3) is 0.900. The standard InChI is InChI=1S/C8H15OSi.3C4H9.Sn/c1-7-8(2,3)9-10(4,5)6;3*1-3-4-2;/h2-6H3;3*1,3-4H2,2H3;. The maximum absolute atomic E-state index is 6.33. The molecular formula is C20H42OSiSn. The van der Waals surface area contributed by atoms with Gasteiger partial charge in [0.25, 0.3) is 0 Å².